The molecule has 1 amide bonds. The van der Waals surface area contributed by atoms with Crippen LogP contribution in [0.4, 0.5) is 13.2 Å². The lowest BCUT2D eigenvalue weighted by atomic mass is 10.1. The van der Waals surface area contributed by atoms with Crippen molar-refractivity contribution in [3.8, 4) is 0 Å². The molecule has 0 radical (unpaired) electrons. The summed E-state index contributed by atoms with van der Waals surface area (Å²) in [6, 6.07) is 2.14. The van der Waals surface area contributed by atoms with Gasteiger partial charge in [0, 0.05) is 11.0 Å². The summed E-state index contributed by atoms with van der Waals surface area (Å²) in [5.41, 5.74) is -1.60. The minimum atomic E-state index is -4.69. The Labute approximate surface area is 126 Å². The van der Waals surface area contributed by atoms with Crippen molar-refractivity contribution in [3.63, 3.8) is 0 Å². The molecule has 0 aliphatic carbocycles. The summed E-state index contributed by atoms with van der Waals surface area (Å²) in [7, 11) is 0. The van der Waals surface area contributed by atoms with Crippen molar-refractivity contribution < 1.29 is 27.9 Å². The Kier molecular flexibility index (Phi) is 4.27. The number of halogens is 4. The summed E-state index contributed by atoms with van der Waals surface area (Å²) in [6.45, 7) is 0.142. The first kappa shape index (κ1) is 15.8. The third-order valence-electron chi connectivity index (χ3n) is 3.32. The van der Waals surface area contributed by atoms with E-state index in [1.54, 1.807) is 0 Å². The fourth-order valence-corrected chi connectivity index (χ4v) is 2.72. The van der Waals surface area contributed by atoms with E-state index in [9.17, 15) is 22.8 Å². The second-order valence-corrected chi connectivity index (χ2v) is 5.60. The maximum Gasteiger partial charge on any atom is 0.417 e. The third-order valence-corrected chi connectivity index (χ3v) is 3.81. The second-order valence-electron chi connectivity index (χ2n) is 4.68. The van der Waals surface area contributed by atoms with Crippen LogP contribution in [0.3, 0.4) is 0 Å². The van der Waals surface area contributed by atoms with E-state index in [4.69, 9.17) is 5.11 Å². The molecule has 114 valence electrons. The molecule has 1 saturated heterocycles. The van der Waals surface area contributed by atoms with Crippen molar-refractivity contribution in [2.45, 2.75) is 25.1 Å². The van der Waals surface area contributed by atoms with Gasteiger partial charge in [-0.05, 0) is 31.0 Å². The average Bonchev–Trinajstić information content (AvgIpc) is 2.86. The second kappa shape index (κ2) is 5.67. The van der Waals surface area contributed by atoms with E-state index >= 15 is 0 Å². The molecule has 1 atom stereocenters. The molecule has 1 heterocycles. The van der Waals surface area contributed by atoms with E-state index in [-0.39, 0.29) is 17.4 Å². The van der Waals surface area contributed by atoms with Crippen LogP contribution in [0.2, 0.25) is 0 Å². The summed E-state index contributed by atoms with van der Waals surface area (Å²) in [4.78, 5) is 24.3. The minimum absolute atomic E-state index is 0.142. The molecule has 1 aromatic rings. The van der Waals surface area contributed by atoms with Gasteiger partial charge in [-0.3, -0.25) is 4.79 Å². The number of aliphatic carboxylic acids is 1. The minimum Gasteiger partial charge on any atom is -0.480 e. The molecule has 21 heavy (non-hydrogen) atoms. The van der Waals surface area contributed by atoms with Crippen molar-refractivity contribution in [1.82, 2.24) is 4.90 Å². The van der Waals surface area contributed by atoms with E-state index < -0.39 is 35.2 Å². The van der Waals surface area contributed by atoms with Gasteiger partial charge in [0.1, 0.15) is 6.04 Å². The molecule has 4 nitrogen and oxygen atoms in total. The van der Waals surface area contributed by atoms with Gasteiger partial charge >= 0.3 is 12.1 Å². The highest BCUT2D eigenvalue weighted by atomic mass is 79.9. The van der Waals surface area contributed by atoms with E-state index in [2.05, 4.69) is 15.9 Å². The Morgan fingerprint density at radius 3 is 2.57 bits per heavy atom. The van der Waals surface area contributed by atoms with Gasteiger partial charge in [-0.25, -0.2) is 4.79 Å². The molecule has 1 aromatic carbocycles. The number of alkyl halides is 3. The zero-order valence-corrected chi connectivity index (χ0v) is 12.2. The highest BCUT2D eigenvalue weighted by Crippen LogP contribution is 2.35. The molecule has 1 unspecified atom stereocenters. The molecule has 0 saturated carbocycles. The Bertz CT molecular complexity index is 589. The smallest absolute Gasteiger partial charge is 0.417 e. The Hall–Kier alpha value is -1.57. The first-order chi connectivity index (χ1) is 9.71. The van der Waals surface area contributed by atoms with Gasteiger partial charge in [-0.15, -0.1) is 0 Å². The molecule has 0 aromatic heterocycles. The van der Waals surface area contributed by atoms with Crippen LogP contribution in [-0.4, -0.2) is 34.5 Å². The average molecular weight is 366 g/mol. The molecule has 1 aliphatic rings. The number of likely N-dealkylation sites (tertiary alicyclic amines) is 1. The maximum atomic E-state index is 13.0. The first-order valence-corrected chi connectivity index (χ1v) is 6.91. The van der Waals surface area contributed by atoms with Crippen molar-refractivity contribution in [2.75, 3.05) is 6.54 Å². The number of hydrogen-bond donors (Lipinski definition) is 1. The highest BCUT2D eigenvalue weighted by molar-refractivity contribution is 9.10. The number of rotatable bonds is 2. The van der Waals surface area contributed by atoms with Crippen LogP contribution in [0.1, 0.15) is 28.8 Å². The lowest BCUT2D eigenvalue weighted by Crippen LogP contribution is -2.41. The molecular weight excluding hydrogens is 355 g/mol. The number of amides is 1. The fourth-order valence-electron chi connectivity index (χ4n) is 2.36. The number of carbonyl (C=O) groups is 2. The topological polar surface area (TPSA) is 57.6 Å². The number of carboxylic acids is 1. The highest BCUT2D eigenvalue weighted by Gasteiger charge is 2.40. The van der Waals surface area contributed by atoms with Crippen LogP contribution in [0.5, 0.6) is 0 Å². The van der Waals surface area contributed by atoms with Gasteiger partial charge in [0.15, 0.2) is 0 Å². The summed E-state index contributed by atoms with van der Waals surface area (Å²) >= 11 is 2.94. The largest absolute Gasteiger partial charge is 0.480 e. The SMILES string of the molecule is O=C(O)C1CCCN1C(=O)c1ccc(Br)cc1C(F)(F)F. The van der Waals surface area contributed by atoms with Crippen molar-refractivity contribution >= 4 is 27.8 Å². The Morgan fingerprint density at radius 1 is 1.33 bits per heavy atom. The first-order valence-electron chi connectivity index (χ1n) is 6.12. The molecule has 2 rings (SSSR count). The Morgan fingerprint density at radius 2 is 2.00 bits per heavy atom. The van der Waals surface area contributed by atoms with E-state index in [1.165, 1.54) is 6.07 Å². The van der Waals surface area contributed by atoms with Gasteiger partial charge in [-0.1, -0.05) is 15.9 Å². The summed E-state index contributed by atoms with van der Waals surface area (Å²) in [5.74, 6) is -2.11. The van der Waals surface area contributed by atoms with E-state index in [1.807, 2.05) is 0 Å². The van der Waals surface area contributed by atoms with E-state index in [0.29, 0.717) is 6.42 Å². The summed E-state index contributed by atoms with van der Waals surface area (Å²) in [5, 5.41) is 9.03. The Balaban J connectivity index is 2.42. The predicted molar refractivity (Wildman–Crippen MR) is 70.8 cm³/mol. The zero-order valence-electron chi connectivity index (χ0n) is 10.7. The zero-order chi connectivity index (χ0) is 15.8. The normalized spacial score (nSPS) is 18.9. The van der Waals surface area contributed by atoms with Crippen LogP contribution >= 0.6 is 15.9 Å². The van der Waals surface area contributed by atoms with Gasteiger partial charge in [-0.2, -0.15) is 13.2 Å². The summed E-state index contributed by atoms with van der Waals surface area (Å²) < 4.78 is 39.3. The monoisotopic (exact) mass is 365 g/mol. The van der Waals surface area contributed by atoms with Crippen LogP contribution in [-0.2, 0) is 11.0 Å². The number of nitrogens with zero attached hydrogens (tertiary/aromatic N) is 1. The number of carbonyl (C=O) groups excluding carboxylic acids is 1. The van der Waals surface area contributed by atoms with Crippen molar-refractivity contribution in [3.05, 3.63) is 33.8 Å². The molecule has 1 fully saturated rings. The van der Waals surface area contributed by atoms with Gasteiger partial charge in [0.25, 0.3) is 5.91 Å². The molecule has 0 spiro atoms. The van der Waals surface area contributed by atoms with Gasteiger partial charge in [0.2, 0.25) is 0 Å². The number of carboxylic acid groups (broad SMARTS) is 1. The fraction of sp³-hybridized carbons (Fsp3) is 0.385. The quantitative estimate of drug-likeness (QED) is 0.875. The van der Waals surface area contributed by atoms with Gasteiger partial charge < -0.3 is 10.0 Å². The number of benzene rings is 1. The van der Waals surface area contributed by atoms with Crippen LogP contribution in [0.25, 0.3) is 0 Å². The molecular formula is C13H11BrF3NO3. The standard InChI is InChI=1S/C13H11BrF3NO3/c14-7-3-4-8(9(6-7)13(15,16)17)11(19)18-5-1-2-10(18)12(20)21/h3-4,6,10H,1-2,5H2,(H,20,21). The third kappa shape index (κ3) is 3.20. The van der Waals surface area contributed by atoms with Crippen LogP contribution < -0.4 is 0 Å². The molecule has 1 aliphatic heterocycles. The van der Waals surface area contributed by atoms with Crippen LogP contribution in [0, 0.1) is 0 Å². The van der Waals surface area contributed by atoms with Gasteiger partial charge in [0.05, 0.1) is 11.1 Å². The van der Waals surface area contributed by atoms with Crippen LogP contribution in [0.15, 0.2) is 22.7 Å². The van der Waals surface area contributed by atoms with Crippen molar-refractivity contribution in [1.29, 1.82) is 0 Å². The maximum absolute atomic E-state index is 13.0. The molecule has 0 bridgehead atoms. The lowest BCUT2D eigenvalue weighted by molar-refractivity contribution is -0.141. The molecule has 8 heteroatoms. The number of hydrogen-bond acceptors (Lipinski definition) is 2. The van der Waals surface area contributed by atoms with Crippen molar-refractivity contribution in [2.24, 2.45) is 0 Å². The lowest BCUT2D eigenvalue weighted by Gasteiger charge is -2.23. The van der Waals surface area contributed by atoms with E-state index in [0.717, 1.165) is 17.0 Å². The molecule has 1 N–H and O–H groups in total. The predicted octanol–water partition coefficient (Wildman–Crippen LogP) is 3.16. The summed E-state index contributed by atoms with van der Waals surface area (Å²) in [6.07, 6.45) is -3.98.